The number of anilines is 1. The van der Waals surface area contributed by atoms with Gasteiger partial charge < -0.3 is 10.4 Å². The molecule has 4 heteroatoms. The van der Waals surface area contributed by atoms with Crippen molar-refractivity contribution in [3.63, 3.8) is 0 Å². The molecular formula is C13H11NO3. The number of ketones is 1. The number of allylic oxidation sites excluding steroid dienone is 1. The van der Waals surface area contributed by atoms with Gasteiger partial charge in [0.05, 0.1) is 0 Å². The smallest absolute Gasteiger partial charge is 0.266 e. The highest BCUT2D eigenvalue weighted by Gasteiger charge is 2.50. The van der Waals surface area contributed by atoms with Crippen LogP contribution in [0.1, 0.15) is 18.4 Å². The molecule has 86 valence electrons. The summed E-state index contributed by atoms with van der Waals surface area (Å²) in [6.07, 6.45) is 2.61. The number of aliphatic hydroxyl groups is 1. The molecule has 0 fully saturated rings. The van der Waals surface area contributed by atoms with Gasteiger partial charge in [0, 0.05) is 23.2 Å². The third-order valence-corrected chi connectivity index (χ3v) is 3.30. The van der Waals surface area contributed by atoms with Crippen molar-refractivity contribution in [3.8, 4) is 0 Å². The summed E-state index contributed by atoms with van der Waals surface area (Å²) in [4.78, 5) is 23.6. The van der Waals surface area contributed by atoms with Gasteiger partial charge in [-0.15, -0.1) is 0 Å². The molecule has 1 atom stereocenters. The molecule has 17 heavy (non-hydrogen) atoms. The van der Waals surface area contributed by atoms with Gasteiger partial charge in [-0.1, -0.05) is 24.3 Å². The third kappa shape index (κ3) is 1.21. The fourth-order valence-corrected chi connectivity index (χ4v) is 2.46. The average molecular weight is 229 g/mol. The second-order valence-electron chi connectivity index (χ2n) is 4.29. The first kappa shape index (κ1) is 10.2. The second kappa shape index (κ2) is 3.28. The number of carbonyl (C=O) groups is 2. The van der Waals surface area contributed by atoms with Crippen molar-refractivity contribution >= 4 is 17.4 Å². The van der Waals surface area contributed by atoms with E-state index in [-0.39, 0.29) is 11.4 Å². The Balaban J connectivity index is 2.20. The summed E-state index contributed by atoms with van der Waals surface area (Å²) in [6.45, 7) is 0. The summed E-state index contributed by atoms with van der Waals surface area (Å²) in [5, 5.41) is 13.2. The van der Waals surface area contributed by atoms with Crippen LogP contribution >= 0.6 is 0 Å². The number of nitrogens with one attached hydrogen (secondary N) is 1. The summed E-state index contributed by atoms with van der Waals surface area (Å²) < 4.78 is 0. The quantitative estimate of drug-likeness (QED) is 0.758. The average Bonchev–Trinajstić information content (AvgIpc) is 2.84. The summed E-state index contributed by atoms with van der Waals surface area (Å²) in [5.74, 6) is -0.695. The second-order valence-corrected chi connectivity index (χ2v) is 4.29. The molecule has 0 bridgehead atoms. The lowest BCUT2D eigenvalue weighted by Gasteiger charge is -2.21. The minimum Gasteiger partial charge on any atom is -0.372 e. The van der Waals surface area contributed by atoms with E-state index in [0.29, 0.717) is 24.1 Å². The number of benzene rings is 1. The molecule has 3 rings (SSSR count). The van der Waals surface area contributed by atoms with Crippen LogP contribution in [0, 0.1) is 0 Å². The molecule has 1 heterocycles. The Morgan fingerprint density at radius 3 is 2.71 bits per heavy atom. The van der Waals surface area contributed by atoms with Gasteiger partial charge in [0.2, 0.25) is 0 Å². The van der Waals surface area contributed by atoms with Gasteiger partial charge in [-0.2, -0.15) is 0 Å². The number of hydrogen-bond donors (Lipinski definition) is 2. The first-order chi connectivity index (χ1) is 8.14. The van der Waals surface area contributed by atoms with Gasteiger partial charge in [-0.25, -0.2) is 0 Å². The molecule has 1 aromatic rings. The van der Waals surface area contributed by atoms with Gasteiger partial charge in [0.1, 0.15) is 0 Å². The lowest BCUT2D eigenvalue weighted by molar-refractivity contribution is -0.133. The minimum absolute atomic E-state index is 0.153. The van der Waals surface area contributed by atoms with E-state index in [0.717, 1.165) is 0 Å². The molecule has 0 spiro atoms. The normalized spacial score (nSPS) is 26.8. The minimum atomic E-state index is -1.80. The van der Waals surface area contributed by atoms with Gasteiger partial charge in [-0.05, 0) is 12.5 Å². The largest absolute Gasteiger partial charge is 0.372 e. The topological polar surface area (TPSA) is 66.4 Å². The van der Waals surface area contributed by atoms with Crippen molar-refractivity contribution in [2.24, 2.45) is 0 Å². The number of rotatable bonds is 1. The van der Waals surface area contributed by atoms with Crippen LogP contribution in [-0.2, 0) is 15.2 Å². The van der Waals surface area contributed by atoms with Crippen LogP contribution in [0.2, 0.25) is 0 Å². The van der Waals surface area contributed by atoms with E-state index in [4.69, 9.17) is 0 Å². The van der Waals surface area contributed by atoms with E-state index < -0.39 is 11.5 Å². The Morgan fingerprint density at radius 2 is 2.00 bits per heavy atom. The molecule has 1 aliphatic heterocycles. The van der Waals surface area contributed by atoms with Crippen LogP contribution in [0.5, 0.6) is 0 Å². The van der Waals surface area contributed by atoms with E-state index in [1.165, 1.54) is 0 Å². The van der Waals surface area contributed by atoms with Crippen molar-refractivity contribution in [2.75, 3.05) is 5.32 Å². The van der Waals surface area contributed by atoms with Crippen LogP contribution in [0.25, 0.3) is 0 Å². The molecule has 1 unspecified atom stereocenters. The molecule has 1 amide bonds. The van der Waals surface area contributed by atoms with Crippen molar-refractivity contribution in [1.29, 1.82) is 0 Å². The molecule has 0 saturated carbocycles. The van der Waals surface area contributed by atoms with E-state index in [1.54, 1.807) is 30.3 Å². The standard InChI is InChI=1S/C13H11NO3/c15-11-7-3-5-9(11)13(17)8-4-1-2-6-10(8)14-12(13)16/h1-2,4-6,17H,3,7H2,(H,14,16). The maximum Gasteiger partial charge on any atom is 0.266 e. The van der Waals surface area contributed by atoms with Crippen molar-refractivity contribution in [1.82, 2.24) is 0 Å². The van der Waals surface area contributed by atoms with Gasteiger partial charge >= 0.3 is 0 Å². The molecule has 2 aliphatic rings. The molecule has 0 saturated heterocycles. The number of para-hydroxylation sites is 1. The fraction of sp³-hybridized carbons (Fsp3) is 0.231. The molecule has 0 aromatic heterocycles. The van der Waals surface area contributed by atoms with E-state index in [2.05, 4.69) is 5.32 Å². The van der Waals surface area contributed by atoms with Crippen LogP contribution in [-0.4, -0.2) is 16.8 Å². The number of hydrogen-bond acceptors (Lipinski definition) is 3. The number of fused-ring (bicyclic) bond motifs is 1. The Kier molecular flexibility index (Phi) is 1.97. The van der Waals surface area contributed by atoms with Gasteiger partial charge in [0.15, 0.2) is 11.4 Å². The monoisotopic (exact) mass is 229 g/mol. The van der Waals surface area contributed by atoms with Crippen LogP contribution < -0.4 is 5.32 Å². The van der Waals surface area contributed by atoms with Crippen LogP contribution in [0.15, 0.2) is 35.9 Å². The zero-order valence-electron chi connectivity index (χ0n) is 9.06. The SMILES string of the molecule is O=C1CCC=C1C1(O)C(=O)Nc2ccccc21. The summed E-state index contributed by atoms with van der Waals surface area (Å²) in [5.41, 5.74) is -0.559. The Labute approximate surface area is 98.0 Å². The highest BCUT2D eigenvalue weighted by molar-refractivity contribution is 6.14. The lowest BCUT2D eigenvalue weighted by Crippen LogP contribution is -2.38. The highest BCUT2D eigenvalue weighted by atomic mass is 16.3. The molecule has 2 N–H and O–H groups in total. The van der Waals surface area contributed by atoms with Crippen molar-refractivity contribution in [3.05, 3.63) is 41.5 Å². The van der Waals surface area contributed by atoms with Crippen molar-refractivity contribution < 1.29 is 14.7 Å². The van der Waals surface area contributed by atoms with Crippen LogP contribution in [0.3, 0.4) is 0 Å². The van der Waals surface area contributed by atoms with Crippen molar-refractivity contribution in [2.45, 2.75) is 18.4 Å². The Hall–Kier alpha value is -1.94. The zero-order chi connectivity index (χ0) is 12.0. The summed E-state index contributed by atoms with van der Waals surface area (Å²) in [6, 6.07) is 6.89. The van der Waals surface area contributed by atoms with E-state index in [9.17, 15) is 14.7 Å². The molecule has 4 nitrogen and oxygen atoms in total. The number of carbonyl (C=O) groups excluding carboxylic acids is 2. The summed E-state index contributed by atoms with van der Waals surface area (Å²) in [7, 11) is 0. The Morgan fingerprint density at radius 1 is 1.24 bits per heavy atom. The summed E-state index contributed by atoms with van der Waals surface area (Å²) >= 11 is 0. The maximum atomic E-state index is 11.9. The van der Waals surface area contributed by atoms with Gasteiger partial charge in [0.25, 0.3) is 5.91 Å². The first-order valence-electron chi connectivity index (χ1n) is 5.51. The van der Waals surface area contributed by atoms with Gasteiger partial charge in [-0.3, -0.25) is 9.59 Å². The fourth-order valence-electron chi connectivity index (χ4n) is 2.46. The number of Topliss-reactive ketones (excluding diaryl/α,β-unsaturated/α-hetero) is 1. The predicted molar refractivity (Wildman–Crippen MR) is 61.3 cm³/mol. The molecular weight excluding hydrogens is 218 g/mol. The maximum absolute atomic E-state index is 11.9. The third-order valence-electron chi connectivity index (χ3n) is 3.30. The first-order valence-corrected chi connectivity index (χ1v) is 5.51. The van der Waals surface area contributed by atoms with E-state index in [1.807, 2.05) is 0 Å². The molecule has 0 radical (unpaired) electrons. The predicted octanol–water partition coefficient (Wildman–Crippen LogP) is 1.12. The molecule has 1 aliphatic carbocycles. The Bertz CT molecular complexity index is 562. The number of amides is 1. The highest BCUT2D eigenvalue weighted by Crippen LogP contribution is 2.43. The van der Waals surface area contributed by atoms with E-state index >= 15 is 0 Å². The van der Waals surface area contributed by atoms with Crippen LogP contribution in [0.4, 0.5) is 5.69 Å². The zero-order valence-corrected chi connectivity index (χ0v) is 9.06. The lowest BCUT2D eigenvalue weighted by atomic mass is 9.86. The molecule has 1 aromatic carbocycles.